The van der Waals surface area contributed by atoms with Gasteiger partial charge in [0.15, 0.2) is 6.10 Å². The van der Waals surface area contributed by atoms with Crippen LogP contribution in [0.5, 0.6) is 0 Å². The molecule has 0 aliphatic carbocycles. The van der Waals surface area contributed by atoms with Gasteiger partial charge in [-0.05, 0) is 77.0 Å². The minimum Gasteiger partial charge on any atom is -0.462 e. The summed E-state index contributed by atoms with van der Waals surface area (Å²) in [6, 6.07) is 0. The third-order valence-corrected chi connectivity index (χ3v) is 16.3. The van der Waals surface area contributed by atoms with E-state index in [4.69, 9.17) is 14.2 Å². The summed E-state index contributed by atoms with van der Waals surface area (Å²) in [4.78, 5) is 38.4. The lowest BCUT2D eigenvalue weighted by molar-refractivity contribution is -0.167. The van der Waals surface area contributed by atoms with Crippen molar-refractivity contribution < 1.29 is 28.6 Å². The SMILES string of the molecule is CCCC/C=C\CCCCCCCC(=O)OCC(COC(=O)CCCCCCCCCCCCCCCCCCCCCCCCCCCCC)OC(=O)CCCCCCCCCCCC/C=C\C/C=C\C/C=C\CCCCCCC. The Kier molecular flexibility index (Phi) is 67.6. The van der Waals surface area contributed by atoms with Crippen LogP contribution in [-0.4, -0.2) is 37.2 Å². The molecular weight excluding hydrogens is 997 g/mol. The topological polar surface area (TPSA) is 78.9 Å². The zero-order chi connectivity index (χ0) is 58.5. The number of ether oxygens (including phenoxy) is 3. The standard InChI is InChI=1S/C75H138O6/c1-4-7-10-13-16-19-22-24-26-28-30-32-34-36-37-39-40-42-44-46-48-50-53-56-59-62-65-68-74(77)80-71-72(70-79-73(76)67-64-61-58-55-52-21-18-15-12-9-6-3)81-75(78)69-66-63-60-57-54-51-49-47-45-43-41-38-35-33-31-29-27-25-23-20-17-14-11-8-5-2/h15,18,23,25,29,31,35,38,72H,4-14,16-17,19-22,24,26-28,30,32-34,36-37,39-71H2,1-3H3/b18-15-,25-23-,31-29-,38-35-. The van der Waals surface area contributed by atoms with Gasteiger partial charge < -0.3 is 14.2 Å². The number of rotatable bonds is 67. The number of allylic oxidation sites excluding steroid dienone is 8. The summed E-state index contributed by atoms with van der Waals surface area (Å²) < 4.78 is 17.0. The van der Waals surface area contributed by atoms with Gasteiger partial charge in [0.05, 0.1) is 0 Å². The molecule has 0 spiro atoms. The number of hydrogen-bond acceptors (Lipinski definition) is 6. The van der Waals surface area contributed by atoms with Gasteiger partial charge in [0, 0.05) is 19.3 Å². The summed E-state index contributed by atoms with van der Waals surface area (Å²) in [6.07, 6.45) is 88.7. The first-order valence-electron chi connectivity index (χ1n) is 36.1. The van der Waals surface area contributed by atoms with Crippen molar-refractivity contribution in [3.05, 3.63) is 48.6 Å². The molecule has 6 heteroatoms. The van der Waals surface area contributed by atoms with E-state index < -0.39 is 6.10 Å². The Morgan fingerprint density at radius 3 is 0.741 bits per heavy atom. The number of hydrogen-bond donors (Lipinski definition) is 0. The van der Waals surface area contributed by atoms with Crippen molar-refractivity contribution in [1.29, 1.82) is 0 Å². The third-order valence-electron chi connectivity index (χ3n) is 16.3. The highest BCUT2D eigenvalue weighted by Crippen LogP contribution is 2.19. The van der Waals surface area contributed by atoms with E-state index >= 15 is 0 Å². The maximum Gasteiger partial charge on any atom is 0.306 e. The van der Waals surface area contributed by atoms with Crippen LogP contribution in [0.15, 0.2) is 48.6 Å². The van der Waals surface area contributed by atoms with Crippen molar-refractivity contribution in [3.63, 3.8) is 0 Å². The second kappa shape index (κ2) is 69.9. The lowest BCUT2D eigenvalue weighted by atomic mass is 10.0. The van der Waals surface area contributed by atoms with Crippen LogP contribution in [0.4, 0.5) is 0 Å². The van der Waals surface area contributed by atoms with Crippen molar-refractivity contribution in [2.75, 3.05) is 13.2 Å². The van der Waals surface area contributed by atoms with E-state index in [-0.39, 0.29) is 31.1 Å². The molecule has 0 bridgehead atoms. The van der Waals surface area contributed by atoms with Gasteiger partial charge in [0.25, 0.3) is 0 Å². The van der Waals surface area contributed by atoms with Gasteiger partial charge in [0.2, 0.25) is 0 Å². The molecule has 0 N–H and O–H groups in total. The highest BCUT2D eigenvalue weighted by molar-refractivity contribution is 5.71. The average Bonchev–Trinajstić information content (AvgIpc) is 3.47. The maximum absolute atomic E-state index is 12.9. The normalized spacial score (nSPS) is 12.3. The van der Waals surface area contributed by atoms with Crippen molar-refractivity contribution >= 4 is 17.9 Å². The zero-order valence-electron chi connectivity index (χ0n) is 54.6. The van der Waals surface area contributed by atoms with Crippen molar-refractivity contribution in [1.82, 2.24) is 0 Å². The minimum atomic E-state index is -0.778. The first-order chi connectivity index (χ1) is 40.0. The van der Waals surface area contributed by atoms with Gasteiger partial charge in [-0.1, -0.05) is 345 Å². The molecule has 1 atom stereocenters. The first kappa shape index (κ1) is 78.4. The summed E-state index contributed by atoms with van der Waals surface area (Å²) >= 11 is 0. The Balaban J connectivity index is 4.18. The monoisotopic (exact) mass is 1140 g/mol. The second-order valence-electron chi connectivity index (χ2n) is 24.5. The van der Waals surface area contributed by atoms with Gasteiger partial charge in [0.1, 0.15) is 13.2 Å². The highest BCUT2D eigenvalue weighted by Gasteiger charge is 2.19. The van der Waals surface area contributed by atoms with E-state index in [1.54, 1.807) is 0 Å². The van der Waals surface area contributed by atoms with Crippen LogP contribution >= 0.6 is 0 Å². The van der Waals surface area contributed by atoms with Crippen molar-refractivity contribution in [3.8, 4) is 0 Å². The van der Waals surface area contributed by atoms with Crippen LogP contribution in [0.2, 0.25) is 0 Å². The summed E-state index contributed by atoms with van der Waals surface area (Å²) in [5, 5.41) is 0. The molecule has 0 saturated heterocycles. The molecule has 1 unspecified atom stereocenters. The molecule has 0 aromatic carbocycles. The number of carbonyl (C=O) groups is 3. The number of carbonyl (C=O) groups excluding carboxylic acids is 3. The molecule has 81 heavy (non-hydrogen) atoms. The smallest absolute Gasteiger partial charge is 0.306 e. The second-order valence-corrected chi connectivity index (χ2v) is 24.5. The molecule has 0 rings (SSSR count). The minimum absolute atomic E-state index is 0.0732. The summed E-state index contributed by atoms with van der Waals surface area (Å²) in [7, 11) is 0. The molecule has 0 aliphatic rings. The fourth-order valence-electron chi connectivity index (χ4n) is 10.8. The largest absolute Gasteiger partial charge is 0.462 e. The van der Waals surface area contributed by atoms with E-state index in [2.05, 4.69) is 69.4 Å². The molecule has 0 saturated carbocycles. The number of esters is 3. The Bertz CT molecular complexity index is 1400. The van der Waals surface area contributed by atoms with Gasteiger partial charge in [-0.15, -0.1) is 0 Å². The Morgan fingerprint density at radius 1 is 0.247 bits per heavy atom. The van der Waals surface area contributed by atoms with Crippen LogP contribution in [-0.2, 0) is 28.6 Å². The Hall–Kier alpha value is -2.63. The molecular formula is C75H138O6. The number of unbranched alkanes of at least 4 members (excludes halogenated alkanes) is 48. The van der Waals surface area contributed by atoms with Crippen LogP contribution in [0.3, 0.4) is 0 Å². The van der Waals surface area contributed by atoms with Crippen LogP contribution in [0, 0.1) is 0 Å². The van der Waals surface area contributed by atoms with E-state index in [0.29, 0.717) is 19.3 Å². The predicted molar refractivity (Wildman–Crippen MR) is 353 cm³/mol. The quantitative estimate of drug-likeness (QED) is 0.0261. The van der Waals surface area contributed by atoms with E-state index in [0.717, 1.165) is 77.0 Å². The van der Waals surface area contributed by atoms with E-state index in [9.17, 15) is 14.4 Å². The lowest BCUT2D eigenvalue weighted by Crippen LogP contribution is -2.30. The maximum atomic E-state index is 12.9. The van der Waals surface area contributed by atoms with E-state index in [1.807, 2.05) is 0 Å². The Morgan fingerprint density at radius 2 is 0.457 bits per heavy atom. The first-order valence-corrected chi connectivity index (χ1v) is 36.1. The highest BCUT2D eigenvalue weighted by atomic mass is 16.6. The van der Waals surface area contributed by atoms with Gasteiger partial charge >= 0.3 is 17.9 Å². The lowest BCUT2D eigenvalue weighted by Gasteiger charge is -2.18. The van der Waals surface area contributed by atoms with E-state index in [1.165, 1.54) is 276 Å². The summed E-state index contributed by atoms with van der Waals surface area (Å²) in [6.45, 7) is 6.65. The molecule has 0 amide bonds. The van der Waals surface area contributed by atoms with Crippen molar-refractivity contribution in [2.45, 2.75) is 399 Å². The fraction of sp³-hybridized carbons (Fsp3) is 0.853. The zero-order valence-corrected chi connectivity index (χ0v) is 54.6. The van der Waals surface area contributed by atoms with Crippen LogP contribution in [0.25, 0.3) is 0 Å². The molecule has 0 aromatic heterocycles. The van der Waals surface area contributed by atoms with Crippen LogP contribution < -0.4 is 0 Å². The molecule has 0 aliphatic heterocycles. The summed E-state index contributed by atoms with van der Waals surface area (Å²) in [5.41, 5.74) is 0. The van der Waals surface area contributed by atoms with Gasteiger partial charge in [-0.2, -0.15) is 0 Å². The molecule has 6 nitrogen and oxygen atoms in total. The predicted octanol–water partition coefficient (Wildman–Crippen LogP) is 24.9. The fourth-order valence-corrected chi connectivity index (χ4v) is 10.8. The van der Waals surface area contributed by atoms with Gasteiger partial charge in [-0.3, -0.25) is 14.4 Å². The molecule has 0 heterocycles. The molecule has 474 valence electrons. The van der Waals surface area contributed by atoms with Crippen LogP contribution in [0.1, 0.15) is 393 Å². The average molecular weight is 1140 g/mol. The summed E-state index contributed by atoms with van der Waals surface area (Å²) in [5.74, 6) is -0.863. The molecule has 0 radical (unpaired) electrons. The molecule has 0 aromatic rings. The van der Waals surface area contributed by atoms with Gasteiger partial charge in [-0.25, -0.2) is 0 Å². The Labute approximate surface area is 505 Å². The third kappa shape index (κ3) is 68.0. The van der Waals surface area contributed by atoms with Crippen molar-refractivity contribution in [2.24, 2.45) is 0 Å². The molecule has 0 fully saturated rings.